The van der Waals surface area contributed by atoms with E-state index in [9.17, 15) is 0 Å². The zero-order valence-corrected chi connectivity index (χ0v) is 19.3. The molecule has 1 saturated heterocycles. The molecule has 2 N–H and O–H groups in total. The second kappa shape index (κ2) is 8.83. The number of fused-ring (bicyclic) bond motifs is 2. The summed E-state index contributed by atoms with van der Waals surface area (Å²) in [6.07, 6.45) is 4.29. The zero-order valence-electron chi connectivity index (χ0n) is 19.3. The van der Waals surface area contributed by atoms with Gasteiger partial charge in [-0.05, 0) is 50.5 Å². The van der Waals surface area contributed by atoms with Crippen LogP contribution < -0.4 is 0 Å². The molecule has 3 aliphatic rings. The van der Waals surface area contributed by atoms with Gasteiger partial charge in [-0.2, -0.15) is 5.10 Å². The fourth-order valence-corrected chi connectivity index (χ4v) is 5.28. The van der Waals surface area contributed by atoms with Gasteiger partial charge in [0.2, 0.25) is 5.89 Å². The number of rotatable bonds is 5. The summed E-state index contributed by atoms with van der Waals surface area (Å²) < 4.78 is 8.20. The summed E-state index contributed by atoms with van der Waals surface area (Å²) in [5, 5.41) is 29.5. The third kappa shape index (κ3) is 4.18. The van der Waals surface area contributed by atoms with Crippen LogP contribution in [0.4, 0.5) is 0 Å². The number of aliphatic carboxylic acids is 2. The van der Waals surface area contributed by atoms with E-state index in [1.165, 1.54) is 38.9 Å². The molecular formula is C24H29N5O5. The van der Waals surface area contributed by atoms with E-state index >= 15 is 0 Å². The summed E-state index contributed by atoms with van der Waals surface area (Å²) in [5.41, 5.74) is 1.92. The second-order valence-corrected chi connectivity index (χ2v) is 9.83. The smallest absolute Gasteiger partial charge is 0.414 e. The van der Waals surface area contributed by atoms with Gasteiger partial charge in [-0.1, -0.05) is 24.6 Å². The Morgan fingerprint density at radius 1 is 1.09 bits per heavy atom. The van der Waals surface area contributed by atoms with Gasteiger partial charge in [-0.3, -0.25) is 4.68 Å². The van der Waals surface area contributed by atoms with Crippen molar-refractivity contribution >= 4 is 22.8 Å². The fourth-order valence-electron chi connectivity index (χ4n) is 5.28. The van der Waals surface area contributed by atoms with E-state index in [1.807, 2.05) is 16.8 Å². The van der Waals surface area contributed by atoms with Crippen LogP contribution in [0, 0.1) is 17.8 Å². The largest absolute Gasteiger partial charge is 0.473 e. The molecular weight excluding hydrogens is 438 g/mol. The first-order chi connectivity index (χ1) is 16.3. The maximum Gasteiger partial charge on any atom is 0.414 e. The summed E-state index contributed by atoms with van der Waals surface area (Å²) in [5.74, 6) is 0.549. The minimum absolute atomic E-state index is 0.283. The standard InChI is InChI=1S/C22H27N5O.C2H2O4/c1-13(2)27-18-9-4-3-8-15(18)20(25-27)22-24-23-21(28-22)19-16-11-26(12-17(16)19)10-14-6-5-7-14;3-1(4)2(5)6/h3-4,8-9,13-14,16-17,19H,5-7,10-12H2,1-2H3;(H,3,4)(H,5,6). The van der Waals surface area contributed by atoms with Crippen LogP contribution in [0.5, 0.6) is 0 Å². The molecule has 0 bridgehead atoms. The van der Waals surface area contributed by atoms with Gasteiger partial charge in [0.1, 0.15) is 0 Å². The van der Waals surface area contributed by atoms with Gasteiger partial charge in [0, 0.05) is 37.0 Å². The number of hydrogen-bond acceptors (Lipinski definition) is 7. The third-order valence-electron chi connectivity index (χ3n) is 7.22. The minimum Gasteiger partial charge on any atom is -0.473 e. The Morgan fingerprint density at radius 2 is 1.76 bits per heavy atom. The van der Waals surface area contributed by atoms with E-state index in [4.69, 9.17) is 29.3 Å². The molecule has 10 nitrogen and oxygen atoms in total. The van der Waals surface area contributed by atoms with Gasteiger partial charge in [-0.25, -0.2) is 9.59 Å². The molecule has 2 saturated carbocycles. The maximum absolute atomic E-state index is 9.10. The van der Waals surface area contributed by atoms with Crippen LogP contribution in [0.1, 0.15) is 51.0 Å². The molecule has 0 radical (unpaired) electrons. The maximum atomic E-state index is 9.10. The number of para-hydroxylation sites is 1. The topological polar surface area (TPSA) is 135 Å². The highest BCUT2D eigenvalue weighted by atomic mass is 16.4. The summed E-state index contributed by atoms with van der Waals surface area (Å²) in [6.45, 7) is 7.99. The molecule has 2 aromatic heterocycles. The van der Waals surface area contributed by atoms with Crippen molar-refractivity contribution in [1.82, 2.24) is 24.9 Å². The van der Waals surface area contributed by atoms with Crippen molar-refractivity contribution in [2.24, 2.45) is 17.8 Å². The summed E-state index contributed by atoms with van der Waals surface area (Å²) in [6, 6.07) is 8.56. The van der Waals surface area contributed by atoms with Gasteiger partial charge >= 0.3 is 11.9 Å². The molecule has 3 heterocycles. The predicted octanol–water partition coefficient (Wildman–Crippen LogP) is 3.27. The molecule has 2 aliphatic carbocycles. The number of carbonyl (C=O) groups is 2. The highest BCUT2D eigenvalue weighted by molar-refractivity contribution is 6.27. The van der Waals surface area contributed by atoms with Gasteiger partial charge < -0.3 is 19.5 Å². The minimum atomic E-state index is -1.82. The van der Waals surface area contributed by atoms with E-state index < -0.39 is 11.9 Å². The highest BCUT2D eigenvalue weighted by Gasteiger charge is 2.59. The van der Waals surface area contributed by atoms with Gasteiger partial charge in [0.15, 0.2) is 5.69 Å². The molecule has 2 unspecified atom stereocenters. The molecule has 1 aliphatic heterocycles. The van der Waals surface area contributed by atoms with Gasteiger partial charge in [-0.15, -0.1) is 10.2 Å². The fraction of sp³-hybridized carbons (Fsp3) is 0.542. The molecule has 10 heteroatoms. The van der Waals surface area contributed by atoms with E-state index in [0.717, 1.165) is 28.4 Å². The van der Waals surface area contributed by atoms with Crippen molar-refractivity contribution in [3.8, 4) is 11.6 Å². The van der Waals surface area contributed by atoms with Gasteiger partial charge in [0.25, 0.3) is 5.89 Å². The van der Waals surface area contributed by atoms with E-state index in [-0.39, 0.29) is 6.04 Å². The van der Waals surface area contributed by atoms with Crippen LogP contribution in [-0.2, 0) is 9.59 Å². The molecule has 0 spiro atoms. The Bertz CT molecular complexity index is 1190. The first-order valence-corrected chi connectivity index (χ1v) is 11.8. The molecule has 1 aromatic carbocycles. The van der Waals surface area contributed by atoms with Crippen LogP contribution >= 0.6 is 0 Å². The average molecular weight is 468 g/mol. The van der Waals surface area contributed by atoms with Crippen LogP contribution in [0.25, 0.3) is 22.5 Å². The number of carboxylic acids is 2. The Kier molecular flexibility index (Phi) is 5.85. The van der Waals surface area contributed by atoms with Crippen LogP contribution in [0.15, 0.2) is 28.7 Å². The molecule has 34 heavy (non-hydrogen) atoms. The van der Waals surface area contributed by atoms with Crippen LogP contribution in [0.2, 0.25) is 0 Å². The number of hydrogen-bond donors (Lipinski definition) is 2. The van der Waals surface area contributed by atoms with Crippen molar-refractivity contribution < 1.29 is 24.2 Å². The van der Waals surface area contributed by atoms with Crippen LogP contribution in [0.3, 0.4) is 0 Å². The van der Waals surface area contributed by atoms with E-state index in [0.29, 0.717) is 23.6 Å². The number of benzene rings is 1. The number of aromatic nitrogens is 4. The molecule has 0 amide bonds. The van der Waals surface area contributed by atoms with Crippen molar-refractivity contribution in [2.75, 3.05) is 19.6 Å². The lowest BCUT2D eigenvalue weighted by molar-refractivity contribution is -0.159. The monoisotopic (exact) mass is 467 g/mol. The first-order valence-electron chi connectivity index (χ1n) is 11.8. The predicted molar refractivity (Wildman–Crippen MR) is 122 cm³/mol. The van der Waals surface area contributed by atoms with Crippen molar-refractivity contribution in [3.63, 3.8) is 0 Å². The second-order valence-electron chi connectivity index (χ2n) is 9.83. The molecule has 3 fully saturated rings. The Labute approximate surface area is 196 Å². The normalized spacial score (nSPS) is 23.9. The van der Waals surface area contributed by atoms with E-state index in [1.54, 1.807) is 0 Å². The number of piperidine rings is 1. The van der Waals surface area contributed by atoms with Crippen molar-refractivity contribution in [3.05, 3.63) is 30.2 Å². The van der Waals surface area contributed by atoms with Crippen LogP contribution in [-0.4, -0.2) is 66.7 Å². The lowest BCUT2D eigenvalue weighted by Crippen LogP contribution is -2.32. The van der Waals surface area contributed by atoms with Crippen molar-refractivity contribution in [2.45, 2.75) is 45.1 Å². The number of nitrogens with zero attached hydrogens (tertiary/aromatic N) is 5. The highest BCUT2D eigenvalue weighted by Crippen LogP contribution is 2.58. The quantitative estimate of drug-likeness (QED) is 0.542. The summed E-state index contributed by atoms with van der Waals surface area (Å²) in [7, 11) is 0. The SMILES string of the molecule is CC(C)n1nc(-c2nnc(C3C4CN(CC5CCC5)CC43)o2)c2ccccc21.O=C(O)C(=O)O. The molecule has 3 aromatic rings. The van der Waals surface area contributed by atoms with Crippen molar-refractivity contribution in [1.29, 1.82) is 0 Å². The lowest BCUT2D eigenvalue weighted by atomic mass is 9.85. The summed E-state index contributed by atoms with van der Waals surface area (Å²) in [4.78, 5) is 20.9. The van der Waals surface area contributed by atoms with E-state index in [2.05, 4.69) is 41.1 Å². The van der Waals surface area contributed by atoms with Gasteiger partial charge in [0.05, 0.1) is 5.52 Å². The average Bonchev–Trinajstić information content (AvgIpc) is 3.20. The molecule has 180 valence electrons. The Morgan fingerprint density at radius 3 is 2.35 bits per heavy atom. The number of carboxylic acid groups (broad SMARTS) is 2. The molecule has 6 rings (SSSR count). The lowest BCUT2D eigenvalue weighted by Gasteiger charge is -2.31. The Balaban J connectivity index is 0.000000360. The first kappa shape index (κ1) is 22.5. The third-order valence-corrected chi connectivity index (χ3v) is 7.22. The number of likely N-dealkylation sites (tertiary alicyclic amines) is 1. The molecule has 2 atom stereocenters. The zero-order chi connectivity index (χ0) is 24.0. The Hall–Kier alpha value is -3.27. The summed E-state index contributed by atoms with van der Waals surface area (Å²) >= 11 is 0.